The van der Waals surface area contributed by atoms with E-state index in [9.17, 15) is 4.79 Å². The predicted molar refractivity (Wildman–Crippen MR) is 103 cm³/mol. The topological polar surface area (TPSA) is 51.2 Å². The quantitative estimate of drug-likeness (QED) is 0.752. The minimum Gasteiger partial charge on any atom is -0.489 e. The van der Waals surface area contributed by atoms with Gasteiger partial charge in [0.2, 0.25) is 0 Å². The molecule has 0 aliphatic carbocycles. The van der Waals surface area contributed by atoms with Gasteiger partial charge in [-0.25, -0.2) is 0 Å². The first-order valence-corrected chi connectivity index (χ1v) is 8.67. The Morgan fingerprint density at radius 1 is 1.20 bits per heavy atom. The van der Waals surface area contributed by atoms with Gasteiger partial charge in [0.15, 0.2) is 0 Å². The largest absolute Gasteiger partial charge is 0.489 e. The molecule has 0 radical (unpaired) electrons. The Morgan fingerprint density at radius 2 is 1.96 bits per heavy atom. The lowest BCUT2D eigenvalue weighted by Gasteiger charge is -2.08. The summed E-state index contributed by atoms with van der Waals surface area (Å²) in [7, 11) is 0. The summed E-state index contributed by atoms with van der Waals surface area (Å²) < 4.78 is 5.76. The fourth-order valence-electron chi connectivity index (χ4n) is 1.99. The summed E-state index contributed by atoms with van der Waals surface area (Å²) in [6.07, 6.45) is 2.64. The van der Waals surface area contributed by atoms with E-state index in [4.69, 9.17) is 4.74 Å². The molecule has 134 valence electrons. The van der Waals surface area contributed by atoms with E-state index in [-0.39, 0.29) is 5.91 Å². The van der Waals surface area contributed by atoms with Gasteiger partial charge in [-0.15, -0.1) is 0 Å². The summed E-state index contributed by atoms with van der Waals surface area (Å²) in [6.45, 7) is 12.6. The number of aryl methyl sites for hydroxylation is 1. The average Bonchev–Trinajstić information content (AvgIpc) is 2.66. The minimum atomic E-state index is -0.198. The van der Waals surface area contributed by atoms with Gasteiger partial charge in [0.05, 0.1) is 0 Å². The molecule has 1 aromatic heterocycles. The number of rotatable bonds is 7. The first kappa shape index (κ1) is 20.4. The van der Waals surface area contributed by atoms with E-state index >= 15 is 0 Å². The summed E-state index contributed by atoms with van der Waals surface area (Å²) in [5.41, 5.74) is 3.45. The number of aromatic nitrogens is 1. The van der Waals surface area contributed by atoms with E-state index in [1.165, 1.54) is 5.56 Å². The molecule has 0 aliphatic rings. The molecular weight excluding hydrogens is 312 g/mol. The number of hydrogen-bond donors (Lipinski definition) is 1. The Bertz CT molecular complexity index is 679. The average molecular weight is 340 g/mol. The lowest BCUT2D eigenvalue weighted by atomic mass is 10.2. The Balaban J connectivity index is 0.00000151. The van der Waals surface area contributed by atoms with Crippen LogP contribution in [0.4, 0.5) is 0 Å². The zero-order valence-electron chi connectivity index (χ0n) is 15.6. The van der Waals surface area contributed by atoms with Gasteiger partial charge in [0.25, 0.3) is 5.91 Å². The molecule has 0 saturated carbocycles. The summed E-state index contributed by atoms with van der Waals surface area (Å²) in [4.78, 5) is 16.0. The molecule has 2 rings (SSSR count). The van der Waals surface area contributed by atoms with Crippen molar-refractivity contribution in [1.29, 1.82) is 0 Å². The third kappa shape index (κ3) is 7.21. The van der Waals surface area contributed by atoms with Crippen LogP contribution in [0, 0.1) is 0 Å². The molecule has 1 amide bonds. The highest BCUT2D eigenvalue weighted by Crippen LogP contribution is 2.15. The van der Waals surface area contributed by atoms with E-state index in [0.29, 0.717) is 18.8 Å². The molecule has 1 N–H and O–H groups in total. The third-order valence-electron chi connectivity index (χ3n) is 3.32. The number of hydrogen-bond acceptors (Lipinski definition) is 3. The number of nitrogens with zero attached hydrogens (tertiary/aromatic N) is 1. The lowest BCUT2D eigenvalue weighted by molar-refractivity contribution is 0.0952. The Kier molecular flexibility index (Phi) is 9.01. The molecule has 0 unspecified atom stereocenters. The molecule has 1 aromatic carbocycles. The van der Waals surface area contributed by atoms with Gasteiger partial charge in [-0.2, -0.15) is 0 Å². The third-order valence-corrected chi connectivity index (χ3v) is 3.32. The van der Waals surface area contributed by atoms with E-state index in [2.05, 4.69) is 29.9 Å². The van der Waals surface area contributed by atoms with Crippen LogP contribution in [0.15, 0.2) is 54.7 Å². The lowest BCUT2D eigenvalue weighted by Crippen LogP contribution is -2.25. The maximum absolute atomic E-state index is 11.9. The standard InChI is InChI=1S/C19H22N2O2.C2H6/c1-4-15-6-5-7-17(10-15)23-13-16-8-9-18(20-12-16)19(22)21-11-14(2)3;1-2/h5-10,12H,2,4,11,13H2,1,3H3,(H,21,22);1-2H3. The first-order valence-electron chi connectivity index (χ1n) is 8.67. The Hall–Kier alpha value is -2.62. The summed E-state index contributed by atoms with van der Waals surface area (Å²) in [6, 6.07) is 11.6. The highest BCUT2D eigenvalue weighted by molar-refractivity contribution is 5.92. The highest BCUT2D eigenvalue weighted by atomic mass is 16.5. The zero-order chi connectivity index (χ0) is 18.7. The van der Waals surface area contributed by atoms with Crippen molar-refractivity contribution in [1.82, 2.24) is 10.3 Å². The van der Waals surface area contributed by atoms with E-state index in [1.54, 1.807) is 12.3 Å². The summed E-state index contributed by atoms with van der Waals surface area (Å²) in [5.74, 6) is 0.642. The van der Waals surface area contributed by atoms with Crippen LogP contribution in [0.5, 0.6) is 5.75 Å². The van der Waals surface area contributed by atoms with Crippen LogP contribution in [0.25, 0.3) is 0 Å². The van der Waals surface area contributed by atoms with Gasteiger partial charge in [0.1, 0.15) is 18.1 Å². The SMILES string of the molecule is C=C(C)CNC(=O)c1ccc(COc2cccc(CC)c2)cn1.CC. The van der Waals surface area contributed by atoms with Crippen molar-refractivity contribution in [2.24, 2.45) is 0 Å². The van der Waals surface area contributed by atoms with Crippen LogP contribution in [0.3, 0.4) is 0 Å². The number of benzene rings is 1. The second-order valence-corrected chi connectivity index (χ2v) is 5.48. The number of amides is 1. The second kappa shape index (κ2) is 11.0. The fraction of sp³-hybridized carbons (Fsp3) is 0.333. The molecule has 0 spiro atoms. The number of carbonyl (C=O) groups excluding carboxylic acids is 1. The summed E-state index contributed by atoms with van der Waals surface area (Å²) in [5, 5.41) is 2.76. The van der Waals surface area contributed by atoms with Gasteiger partial charge < -0.3 is 10.1 Å². The van der Waals surface area contributed by atoms with Gasteiger partial charge in [-0.1, -0.05) is 51.1 Å². The number of carbonyl (C=O) groups is 1. The van der Waals surface area contributed by atoms with Gasteiger partial charge in [-0.3, -0.25) is 9.78 Å². The number of ether oxygens (including phenoxy) is 1. The molecule has 25 heavy (non-hydrogen) atoms. The number of pyridine rings is 1. The van der Waals surface area contributed by atoms with E-state index < -0.39 is 0 Å². The smallest absolute Gasteiger partial charge is 0.270 e. The van der Waals surface area contributed by atoms with Gasteiger partial charge in [0, 0.05) is 18.3 Å². The molecule has 1 heterocycles. The molecular formula is C21H28N2O2. The molecule has 4 nitrogen and oxygen atoms in total. The maximum atomic E-state index is 11.9. The normalized spacial score (nSPS) is 9.60. The summed E-state index contributed by atoms with van der Waals surface area (Å²) >= 11 is 0. The van der Waals surface area contributed by atoms with E-state index in [0.717, 1.165) is 23.3 Å². The van der Waals surface area contributed by atoms with E-state index in [1.807, 2.05) is 45.0 Å². The second-order valence-electron chi connectivity index (χ2n) is 5.48. The van der Waals surface area contributed by atoms with Crippen LogP contribution in [0.2, 0.25) is 0 Å². The monoisotopic (exact) mass is 340 g/mol. The first-order chi connectivity index (χ1) is 12.1. The van der Waals surface area contributed by atoms with Crippen LogP contribution in [0.1, 0.15) is 49.3 Å². The molecule has 0 saturated heterocycles. The van der Waals surface area contributed by atoms with Crippen molar-refractivity contribution in [2.75, 3.05) is 6.54 Å². The van der Waals surface area contributed by atoms with Gasteiger partial charge >= 0.3 is 0 Å². The molecule has 0 fully saturated rings. The molecule has 0 bridgehead atoms. The van der Waals surface area contributed by atoms with Crippen molar-refractivity contribution in [3.8, 4) is 5.75 Å². The fourth-order valence-corrected chi connectivity index (χ4v) is 1.99. The van der Waals surface area contributed by atoms with Crippen molar-refractivity contribution in [3.05, 3.63) is 71.6 Å². The minimum absolute atomic E-state index is 0.198. The molecule has 0 atom stereocenters. The molecule has 2 aromatic rings. The van der Waals surface area contributed by atoms with Crippen LogP contribution in [-0.2, 0) is 13.0 Å². The van der Waals surface area contributed by atoms with Crippen molar-refractivity contribution in [3.63, 3.8) is 0 Å². The molecule has 4 heteroatoms. The Morgan fingerprint density at radius 3 is 2.56 bits per heavy atom. The Labute approximate surface area is 150 Å². The van der Waals surface area contributed by atoms with Crippen LogP contribution >= 0.6 is 0 Å². The number of nitrogens with one attached hydrogen (secondary N) is 1. The van der Waals surface area contributed by atoms with Crippen molar-refractivity contribution < 1.29 is 9.53 Å². The van der Waals surface area contributed by atoms with Crippen molar-refractivity contribution in [2.45, 2.75) is 40.7 Å². The van der Waals surface area contributed by atoms with Crippen molar-refractivity contribution >= 4 is 5.91 Å². The zero-order valence-corrected chi connectivity index (χ0v) is 15.6. The van der Waals surface area contributed by atoms with Crippen LogP contribution < -0.4 is 10.1 Å². The highest BCUT2D eigenvalue weighted by Gasteiger charge is 2.06. The predicted octanol–water partition coefficient (Wildman–Crippen LogP) is 4.56. The van der Waals surface area contributed by atoms with Gasteiger partial charge in [-0.05, 0) is 37.1 Å². The van der Waals surface area contributed by atoms with Crippen LogP contribution in [-0.4, -0.2) is 17.4 Å². The maximum Gasteiger partial charge on any atom is 0.270 e. The molecule has 0 aliphatic heterocycles.